The van der Waals surface area contributed by atoms with Crippen molar-refractivity contribution in [1.29, 1.82) is 0 Å². The van der Waals surface area contributed by atoms with Crippen molar-refractivity contribution in [2.45, 2.75) is 0 Å². The summed E-state index contributed by atoms with van der Waals surface area (Å²) >= 11 is 3.35. The highest BCUT2D eigenvalue weighted by molar-refractivity contribution is 9.10. The Morgan fingerprint density at radius 2 is 1.79 bits per heavy atom. The van der Waals surface area contributed by atoms with Crippen molar-refractivity contribution in [3.63, 3.8) is 0 Å². The third-order valence-corrected chi connectivity index (χ3v) is 3.32. The molecule has 2 aromatic carbocycles. The van der Waals surface area contributed by atoms with Crippen LogP contribution in [0.25, 0.3) is 10.8 Å². The van der Waals surface area contributed by atoms with Crippen LogP contribution in [0.15, 0.2) is 40.9 Å². The predicted octanol–water partition coefficient (Wildman–Crippen LogP) is 3.17. The van der Waals surface area contributed by atoms with Gasteiger partial charge in [-0.05, 0) is 35.0 Å². The van der Waals surface area contributed by atoms with Crippen molar-refractivity contribution in [3.8, 4) is 5.75 Å². The van der Waals surface area contributed by atoms with Gasteiger partial charge >= 0.3 is 15.3 Å². The van der Waals surface area contributed by atoms with Gasteiger partial charge in [-0.3, -0.25) is 0 Å². The van der Waals surface area contributed by atoms with Gasteiger partial charge in [0.15, 0.2) is 0 Å². The van der Waals surface area contributed by atoms with E-state index in [9.17, 15) is 13.2 Å². The van der Waals surface area contributed by atoms with Crippen LogP contribution in [0.5, 0.6) is 5.75 Å². The van der Waals surface area contributed by atoms with Crippen LogP contribution in [0.4, 0.5) is 4.79 Å². The molecule has 5 nitrogen and oxygen atoms in total. The molecule has 0 saturated carbocycles. The van der Waals surface area contributed by atoms with Crippen LogP contribution in [-0.2, 0) is 9.24 Å². The van der Waals surface area contributed by atoms with Gasteiger partial charge in [-0.2, -0.15) is 8.42 Å². The van der Waals surface area contributed by atoms with E-state index in [0.29, 0.717) is 0 Å². The molecule has 1 amide bonds. The first-order valence-corrected chi connectivity index (χ1v) is 8.07. The molecular formula is C11H7BrClNO4S. The van der Waals surface area contributed by atoms with Gasteiger partial charge in [-0.15, -0.1) is 0 Å². The molecule has 8 heteroatoms. The highest BCUT2D eigenvalue weighted by Crippen LogP contribution is 2.24. The number of benzene rings is 2. The average molecular weight is 365 g/mol. The van der Waals surface area contributed by atoms with E-state index in [1.807, 2.05) is 18.2 Å². The van der Waals surface area contributed by atoms with Crippen LogP contribution in [-0.4, -0.2) is 14.5 Å². The number of carbonyl (C=O) groups excluding carboxylic acids is 1. The Bertz CT molecular complexity index is 747. The molecule has 0 unspecified atom stereocenters. The zero-order valence-corrected chi connectivity index (χ0v) is 12.4. The Hall–Kier alpha value is -1.31. The highest BCUT2D eigenvalue weighted by atomic mass is 79.9. The molecule has 0 radical (unpaired) electrons. The van der Waals surface area contributed by atoms with Crippen molar-refractivity contribution in [1.82, 2.24) is 4.72 Å². The van der Waals surface area contributed by atoms with Crippen LogP contribution >= 0.6 is 26.6 Å². The highest BCUT2D eigenvalue weighted by Gasteiger charge is 2.12. The minimum Gasteiger partial charge on any atom is -0.410 e. The van der Waals surface area contributed by atoms with Crippen LogP contribution in [0, 0.1) is 0 Å². The Morgan fingerprint density at radius 3 is 2.47 bits per heavy atom. The first-order chi connectivity index (χ1) is 8.83. The molecule has 0 aliphatic carbocycles. The summed E-state index contributed by atoms with van der Waals surface area (Å²) in [5, 5.41) is 1.80. The van der Waals surface area contributed by atoms with Crippen LogP contribution in [0.2, 0.25) is 0 Å². The monoisotopic (exact) mass is 363 g/mol. The summed E-state index contributed by atoms with van der Waals surface area (Å²) in [4.78, 5) is 11.2. The summed E-state index contributed by atoms with van der Waals surface area (Å²) < 4.78 is 28.5. The van der Waals surface area contributed by atoms with E-state index in [0.717, 1.165) is 15.2 Å². The largest absolute Gasteiger partial charge is 0.427 e. The molecule has 100 valence electrons. The number of hydrogen-bond donors (Lipinski definition) is 1. The maximum absolute atomic E-state index is 11.2. The van der Waals surface area contributed by atoms with Crippen molar-refractivity contribution < 1.29 is 17.9 Å². The minimum atomic E-state index is -4.15. The van der Waals surface area contributed by atoms with Gasteiger partial charge in [0, 0.05) is 15.2 Å². The topological polar surface area (TPSA) is 72.5 Å². The van der Waals surface area contributed by atoms with E-state index in [2.05, 4.69) is 15.9 Å². The minimum absolute atomic E-state index is 0.215. The normalized spacial score (nSPS) is 11.3. The molecule has 0 fully saturated rings. The van der Waals surface area contributed by atoms with Gasteiger partial charge < -0.3 is 4.74 Å². The summed E-state index contributed by atoms with van der Waals surface area (Å²) in [6, 6.07) is 10.5. The van der Waals surface area contributed by atoms with Crippen LogP contribution < -0.4 is 9.46 Å². The van der Waals surface area contributed by atoms with Gasteiger partial charge in [-0.25, -0.2) is 9.52 Å². The van der Waals surface area contributed by atoms with Gasteiger partial charge in [0.1, 0.15) is 5.75 Å². The summed E-state index contributed by atoms with van der Waals surface area (Å²) in [6.07, 6.45) is -1.16. The second-order valence-electron chi connectivity index (χ2n) is 3.58. The van der Waals surface area contributed by atoms with E-state index in [-0.39, 0.29) is 5.75 Å². The van der Waals surface area contributed by atoms with E-state index >= 15 is 0 Å². The second-order valence-corrected chi connectivity index (χ2v) is 6.80. The lowest BCUT2D eigenvalue weighted by atomic mass is 10.1. The molecule has 0 atom stereocenters. The molecule has 0 aliphatic heterocycles. The summed E-state index contributed by atoms with van der Waals surface area (Å²) in [7, 11) is 0.712. The molecule has 0 aromatic heterocycles. The lowest BCUT2D eigenvalue weighted by molar-refractivity contribution is 0.207. The number of carbonyl (C=O) groups is 1. The molecule has 0 heterocycles. The lowest BCUT2D eigenvalue weighted by Crippen LogP contribution is -2.29. The molecule has 0 saturated heterocycles. The molecule has 2 rings (SSSR count). The first-order valence-electron chi connectivity index (χ1n) is 4.97. The molecule has 2 aromatic rings. The van der Waals surface area contributed by atoms with Gasteiger partial charge in [0.2, 0.25) is 0 Å². The SMILES string of the molecule is O=C(NS(=O)(=O)Cl)Oc1ccc2cc(Br)ccc2c1. The molecule has 0 spiro atoms. The maximum Gasteiger partial charge on any atom is 0.427 e. The van der Waals surface area contributed by atoms with Crippen LogP contribution in [0.1, 0.15) is 0 Å². The summed E-state index contributed by atoms with van der Waals surface area (Å²) in [5.74, 6) is 0.215. The maximum atomic E-state index is 11.2. The van der Waals surface area contributed by atoms with Crippen molar-refractivity contribution in [2.24, 2.45) is 0 Å². The molecule has 1 N–H and O–H groups in total. The zero-order chi connectivity index (χ0) is 14.0. The number of rotatable bonds is 2. The Labute approximate surface area is 122 Å². The molecular weight excluding hydrogens is 358 g/mol. The fraction of sp³-hybridized carbons (Fsp3) is 0. The number of fused-ring (bicyclic) bond motifs is 1. The fourth-order valence-corrected chi connectivity index (χ4v) is 2.29. The second kappa shape index (κ2) is 5.36. The number of hydrogen-bond acceptors (Lipinski definition) is 4. The van der Waals surface area contributed by atoms with Gasteiger partial charge in [0.25, 0.3) is 0 Å². The third-order valence-electron chi connectivity index (χ3n) is 2.19. The van der Waals surface area contributed by atoms with E-state index in [1.54, 1.807) is 18.2 Å². The van der Waals surface area contributed by atoms with E-state index in [1.165, 1.54) is 4.72 Å². The standard InChI is InChI=1S/C11H7BrClNO4S/c12-9-3-1-8-6-10(4-2-7(8)5-9)18-11(15)14-19(13,16)17/h1-6H,(H,14,15). The zero-order valence-electron chi connectivity index (χ0n) is 9.26. The number of halogens is 2. The molecule has 19 heavy (non-hydrogen) atoms. The quantitative estimate of drug-likeness (QED) is 0.831. The van der Waals surface area contributed by atoms with E-state index < -0.39 is 15.3 Å². The van der Waals surface area contributed by atoms with Crippen LogP contribution in [0.3, 0.4) is 0 Å². The van der Waals surface area contributed by atoms with Gasteiger partial charge in [-0.1, -0.05) is 28.1 Å². The summed E-state index contributed by atoms with van der Waals surface area (Å²) in [5.41, 5.74) is 0. The molecule has 0 bridgehead atoms. The number of ether oxygens (including phenoxy) is 1. The Morgan fingerprint density at radius 1 is 1.16 bits per heavy atom. The smallest absolute Gasteiger partial charge is 0.410 e. The van der Waals surface area contributed by atoms with E-state index in [4.69, 9.17) is 15.4 Å². The lowest BCUT2D eigenvalue weighted by Gasteiger charge is -2.05. The number of nitrogens with one attached hydrogen (secondary N) is 1. The van der Waals surface area contributed by atoms with Crippen molar-refractivity contribution >= 4 is 52.7 Å². The average Bonchev–Trinajstić information content (AvgIpc) is 2.26. The Balaban J connectivity index is 2.22. The van der Waals surface area contributed by atoms with Crippen molar-refractivity contribution in [2.75, 3.05) is 0 Å². The third kappa shape index (κ3) is 4.09. The number of amides is 1. The summed E-state index contributed by atoms with van der Waals surface area (Å²) in [6.45, 7) is 0. The first kappa shape index (κ1) is 14.1. The predicted molar refractivity (Wildman–Crippen MR) is 75.6 cm³/mol. The fourth-order valence-electron chi connectivity index (χ4n) is 1.49. The Kier molecular flexibility index (Phi) is 3.98. The molecule has 0 aliphatic rings. The van der Waals surface area contributed by atoms with Crippen molar-refractivity contribution in [3.05, 3.63) is 40.9 Å². The van der Waals surface area contributed by atoms with Gasteiger partial charge in [0.05, 0.1) is 0 Å².